The fourth-order valence-corrected chi connectivity index (χ4v) is 2.15. The van der Waals surface area contributed by atoms with E-state index < -0.39 is 5.97 Å². The van der Waals surface area contributed by atoms with E-state index in [0.29, 0.717) is 5.90 Å². The van der Waals surface area contributed by atoms with Crippen LogP contribution in [0.5, 0.6) is 5.75 Å². The highest BCUT2D eigenvalue weighted by molar-refractivity contribution is 6.12. The molecule has 0 aliphatic carbocycles. The number of carbonyl (C=O) groups excluding carboxylic acids is 1. The molecule has 1 aliphatic rings. The van der Waals surface area contributed by atoms with Gasteiger partial charge in [0.2, 0.25) is 5.90 Å². The number of aliphatic imine (C=N–C) groups is 1. The van der Waals surface area contributed by atoms with Gasteiger partial charge in [0.25, 0.3) is 0 Å². The maximum atomic E-state index is 11.9. The fourth-order valence-electron chi connectivity index (χ4n) is 2.15. The van der Waals surface area contributed by atoms with Gasteiger partial charge in [0, 0.05) is 24.4 Å². The maximum Gasteiger partial charge on any atom is 0.363 e. The Hall–Kier alpha value is -2.89. The van der Waals surface area contributed by atoms with Crippen molar-refractivity contribution < 1.29 is 14.3 Å². The summed E-state index contributed by atoms with van der Waals surface area (Å²) in [5, 5.41) is 4.05. The molecular weight excluding hydrogens is 294 g/mol. The number of aryl methyl sites for hydroxylation is 1. The molecule has 118 valence electrons. The number of cyclic esters (lactones) is 1. The molecule has 0 amide bonds. The number of rotatable bonds is 4. The predicted octanol–water partition coefficient (Wildman–Crippen LogP) is 2.55. The van der Waals surface area contributed by atoms with E-state index in [-0.39, 0.29) is 11.8 Å². The van der Waals surface area contributed by atoms with Gasteiger partial charge in [-0.3, -0.25) is 4.68 Å². The summed E-state index contributed by atoms with van der Waals surface area (Å²) in [7, 11) is 1.81. The molecule has 1 aliphatic heterocycles. The maximum absolute atomic E-state index is 11.9. The average Bonchev–Trinajstić information content (AvgIpc) is 3.06. The molecule has 0 saturated heterocycles. The first kappa shape index (κ1) is 15.0. The zero-order valence-corrected chi connectivity index (χ0v) is 13.2. The molecule has 23 heavy (non-hydrogen) atoms. The van der Waals surface area contributed by atoms with Crippen LogP contribution in [-0.4, -0.2) is 27.8 Å². The molecule has 0 fully saturated rings. The number of aromatic nitrogens is 2. The summed E-state index contributed by atoms with van der Waals surface area (Å²) in [6.45, 7) is 3.93. The Morgan fingerprint density at radius 1 is 1.26 bits per heavy atom. The molecule has 0 spiro atoms. The lowest BCUT2D eigenvalue weighted by atomic mass is 10.2. The SMILES string of the molecule is CC(C)Oc1ccc(C2=N/C(=C\c3cnn(C)c3)C(=O)O2)cc1. The Morgan fingerprint density at radius 3 is 2.61 bits per heavy atom. The van der Waals surface area contributed by atoms with E-state index in [0.717, 1.165) is 16.9 Å². The summed E-state index contributed by atoms with van der Waals surface area (Å²) < 4.78 is 12.5. The minimum absolute atomic E-state index is 0.108. The van der Waals surface area contributed by atoms with Gasteiger partial charge in [0.05, 0.1) is 12.3 Å². The van der Waals surface area contributed by atoms with Gasteiger partial charge in [-0.2, -0.15) is 5.10 Å². The first-order valence-electron chi connectivity index (χ1n) is 7.29. The van der Waals surface area contributed by atoms with E-state index >= 15 is 0 Å². The third-order valence-electron chi connectivity index (χ3n) is 3.12. The van der Waals surface area contributed by atoms with Crippen molar-refractivity contribution in [3.8, 4) is 5.75 Å². The van der Waals surface area contributed by atoms with Crippen LogP contribution in [-0.2, 0) is 16.6 Å². The summed E-state index contributed by atoms with van der Waals surface area (Å²) in [4.78, 5) is 16.2. The third kappa shape index (κ3) is 3.48. The van der Waals surface area contributed by atoms with Crippen molar-refractivity contribution in [1.29, 1.82) is 0 Å². The highest BCUT2D eigenvalue weighted by Crippen LogP contribution is 2.21. The van der Waals surface area contributed by atoms with E-state index in [2.05, 4.69) is 10.1 Å². The molecule has 0 radical (unpaired) electrons. The van der Waals surface area contributed by atoms with Gasteiger partial charge in [-0.25, -0.2) is 9.79 Å². The van der Waals surface area contributed by atoms with E-state index in [4.69, 9.17) is 9.47 Å². The summed E-state index contributed by atoms with van der Waals surface area (Å²) in [6.07, 6.45) is 5.22. The number of nitrogens with zero attached hydrogens (tertiary/aromatic N) is 3. The zero-order valence-electron chi connectivity index (χ0n) is 13.2. The van der Waals surface area contributed by atoms with E-state index in [1.54, 1.807) is 23.2 Å². The van der Waals surface area contributed by atoms with Gasteiger partial charge < -0.3 is 9.47 Å². The number of benzene rings is 1. The summed E-state index contributed by atoms with van der Waals surface area (Å²) in [5.74, 6) is 0.590. The first-order chi connectivity index (χ1) is 11.0. The van der Waals surface area contributed by atoms with Crippen molar-refractivity contribution in [3.63, 3.8) is 0 Å². The smallest absolute Gasteiger partial charge is 0.363 e. The van der Waals surface area contributed by atoms with Crippen LogP contribution in [0.3, 0.4) is 0 Å². The van der Waals surface area contributed by atoms with Crippen molar-refractivity contribution in [2.45, 2.75) is 20.0 Å². The minimum Gasteiger partial charge on any atom is -0.491 e. The van der Waals surface area contributed by atoms with Crippen molar-refractivity contribution in [3.05, 3.63) is 53.5 Å². The Bertz CT molecular complexity index is 786. The number of carbonyl (C=O) groups is 1. The summed E-state index contributed by atoms with van der Waals surface area (Å²) in [6, 6.07) is 7.29. The normalized spacial score (nSPS) is 15.9. The second kappa shape index (κ2) is 6.08. The summed E-state index contributed by atoms with van der Waals surface area (Å²) in [5.41, 5.74) is 1.78. The van der Waals surface area contributed by atoms with Gasteiger partial charge in [-0.05, 0) is 44.2 Å². The topological polar surface area (TPSA) is 65.7 Å². The average molecular weight is 311 g/mol. The van der Waals surface area contributed by atoms with E-state index in [9.17, 15) is 4.79 Å². The fraction of sp³-hybridized carbons (Fsp3) is 0.235. The van der Waals surface area contributed by atoms with Gasteiger partial charge in [0.1, 0.15) is 5.75 Å². The Morgan fingerprint density at radius 2 is 2.00 bits per heavy atom. The molecule has 1 aromatic heterocycles. The van der Waals surface area contributed by atoms with Crippen LogP contribution in [0.15, 0.2) is 47.3 Å². The lowest BCUT2D eigenvalue weighted by Gasteiger charge is -2.09. The van der Waals surface area contributed by atoms with Crippen LogP contribution in [0.4, 0.5) is 0 Å². The van der Waals surface area contributed by atoms with Gasteiger partial charge in [-0.15, -0.1) is 0 Å². The number of hydrogen-bond donors (Lipinski definition) is 0. The van der Waals surface area contributed by atoms with Crippen molar-refractivity contribution in [2.75, 3.05) is 0 Å². The van der Waals surface area contributed by atoms with Gasteiger partial charge >= 0.3 is 5.97 Å². The molecule has 6 heteroatoms. The highest BCUT2D eigenvalue weighted by Gasteiger charge is 2.24. The molecule has 0 N–H and O–H groups in total. The molecular formula is C17H17N3O3. The molecule has 3 rings (SSSR count). The Kier molecular flexibility index (Phi) is 3.97. The van der Waals surface area contributed by atoms with Crippen LogP contribution in [0.25, 0.3) is 6.08 Å². The van der Waals surface area contributed by atoms with Crippen LogP contribution in [0.1, 0.15) is 25.0 Å². The first-order valence-corrected chi connectivity index (χ1v) is 7.29. The monoisotopic (exact) mass is 311 g/mol. The number of esters is 1. The standard InChI is InChI=1S/C17H17N3O3/c1-11(2)22-14-6-4-13(5-7-14)16-19-15(17(21)23-16)8-12-9-18-20(3)10-12/h4-11H,1-3H3/b15-8-. The van der Waals surface area contributed by atoms with E-state index in [1.807, 2.05) is 45.2 Å². The largest absolute Gasteiger partial charge is 0.491 e. The number of ether oxygens (including phenoxy) is 2. The Balaban J connectivity index is 1.82. The predicted molar refractivity (Wildman–Crippen MR) is 86.0 cm³/mol. The second-order valence-corrected chi connectivity index (χ2v) is 5.47. The zero-order chi connectivity index (χ0) is 16.4. The van der Waals surface area contributed by atoms with Crippen molar-refractivity contribution in [2.24, 2.45) is 12.0 Å². The third-order valence-corrected chi connectivity index (χ3v) is 3.12. The summed E-state index contributed by atoms with van der Waals surface area (Å²) >= 11 is 0. The molecule has 1 aromatic carbocycles. The molecule has 2 aromatic rings. The van der Waals surface area contributed by atoms with E-state index in [1.165, 1.54) is 0 Å². The lowest BCUT2D eigenvalue weighted by molar-refractivity contribution is -0.129. The quantitative estimate of drug-likeness (QED) is 0.643. The molecule has 2 heterocycles. The second-order valence-electron chi connectivity index (χ2n) is 5.47. The molecule has 0 bridgehead atoms. The van der Waals surface area contributed by atoms with Gasteiger partial charge in [0.15, 0.2) is 5.70 Å². The van der Waals surface area contributed by atoms with Gasteiger partial charge in [-0.1, -0.05) is 0 Å². The van der Waals surface area contributed by atoms with Crippen LogP contribution in [0.2, 0.25) is 0 Å². The van der Waals surface area contributed by atoms with Crippen molar-refractivity contribution >= 4 is 17.9 Å². The minimum atomic E-state index is -0.466. The molecule has 0 saturated carbocycles. The Labute approximate surface area is 134 Å². The highest BCUT2D eigenvalue weighted by atomic mass is 16.6. The molecule has 0 atom stereocenters. The van der Waals surface area contributed by atoms with Crippen LogP contribution < -0.4 is 4.74 Å². The number of hydrogen-bond acceptors (Lipinski definition) is 5. The molecule has 0 unspecified atom stereocenters. The molecule has 6 nitrogen and oxygen atoms in total. The van der Waals surface area contributed by atoms with Crippen LogP contribution >= 0.6 is 0 Å². The lowest BCUT2D eigenvalue weighted by Crippen LogP contribution is -2.07. The van der Waals surface area contributed by atoms with Crippen molar-refractivity contribution in [1.82, 2.24) is 9.78 Å². The van der Waals surface area contributed by atoms with Crippen LogP contribution in [0, 0.1) is 0 Å².